The van der Waals surface area contributed by atoms with Crippen LogP contribution in [0.4, 0.5) is 0 Å². The van der Waals surface area contributed by atoms with Crippen LogP contribution >= 0.6 is 0 Å². The van der Waals surface area contributed by atoms with Crippen LogP contribution in [0, 0.1) is 64.1 Å². The molecule has 12 saturated carbocycles. The highest BCUT2D eigenvalue weighted by atomic mass is 16.1. The lowest BCUT2D eigenvalue weighted by molar-refractivity contribution is -0.195. The second-order valence-corrected chi connectivity index (χ2v) is 20.7. The average Bonchev–Trinajstić information content (AvgIpc) is 2.91. The Morgan fingerprint density at radius 2 is 0.860 bits per heavy atom. The van der Waals surface area contributed by atoms with Gasteiger partial charge in [0.1, 0.15) is 0 Å². The van der Waals surface area contributed by atoms with Crippen LogP contribution in [0.2, 0.25) is 0 Å². The first-order chi connectivity index (χ1) is 20.7. The Bertz CT molecular complexity index is 1060. The highest BCUT2D eigenvalue weighted by molar-refractivity contribution is 5.93. The van der Waals surface area contributed by atoms with Gasteiger partial charge in [-0.05, 0) is 169 Å². The predicted molar refractivity (Wildman–Crippen MR) is 169 cm³/mol. The van der Waals surface area contributed by atoms with Crippen molar-refractivity contribution < 1.29 is 4.79 Å². The van der Waals surface area contributed by atoms with Crippen molar-refractivity contribution in [2.24, 2.45) is 64.1 Å². The zero-order chi connectivity index (χ0) is 28.4. The van der Waals surface area contributed by atoms with E-state index >= 15 is 4.79 Å². The number of nitrogens with one attached hydrogen (secondary N) is 1. The van der Waals surface area contributed by atoms with E-state index in [0.717, 1.165) is 86.0 Å². The Balaban J connectivity index is 0.958. The summed E-state index contributed by atoms with van der Waals surface area (Å²) in [4.78, 5) is 21.2. The van der Waals surface area contributed by atoms with Crippen LogP contribution in [0.5, 0.6) is 0 Å². The number of piperidine rings is 2. The molecule has 0 radical (unpaired) electrons. The van der Waals surface area contributed by atoms with Gasteiger partial charge in [-0.2, -0.15) is 0 Å². The average molecular weight is 586 g/mol. The quantitative estimate of drug-likeness (QED) is 0.391. The number of fused-ring (bicyclic) bond motifs is 2. The van der Waals surface area contributed by atoms with Crippen LogP contribution in [0.15, 0.2) is 0 Å². The molecule has 14 rings (SSSR count). The topological polar surface area (TPSA) is 35.6 Å². The Morgan fingerprint density at radius 1 is 0.535 bits per heavy atom. The van der Waals surface area contributed by atoms with Gasteiger partial charge in [-0.15, -0.1) is 0 Å². The molecule has 12 aliphatic carbocycles. The number of carbonyl (C=O) groups excluding carboxylic acids is 1. The van der Waals surface area contributed by atoms with Gasteiger partial charge in [0.2, 0.25) is 0 Å². The van der Waals surface area contributed by atoms with Gasteiger partial charge in [0, 0.05) is 49.3 Å². The van der Waals surface area contributed by atoms with E-state index in [2.05, 4.69) is 22.0 Å². The number of rotatable bonds is 5. The molecule has 0 aromatic rings. The summed E-state index contributed by atoms with van der Waals surface area (Å²) < 4.78 is 0. The van der Waals surface area contributed by atoms with Crippen LogP contribution in [0.25, 0.3) is 0 Å². The second-order valence-electron chi connectivity index (χ2n) is 20.7. The van der Waals surface area contributed by atoms with Crippen molar-refractivity contribution in [1.29, 1.82) is 0 Å². The minimum absolute atomic E-state index is 0.202. The fourth-order valence-electron chi connectivity index (χ4n) is 17.2. The van der Waals surface area contributed by atoms with Crippen molar-refractivity contribution in [3.63, 3.8) is 0 Å². The molecule has 14 fully saturated rings. The molecule has 0 spiro atoms. The first-order valence-electron chi connectivity index (χ1n) is 19.5. The van der Waals surface area contributed by atoms with Crippen molar-refractivity contribution in [3.8, 4) is 0 Å². The molecule has 0 aromatic heterocycles. The lowest BCUT2D eigenvalue weighted by Crippen LogP contribution is -2.78. The molecular weight excluding hydrogens is 526 g/mol. The second kappa shape index (κ2) is 8.52. The van der Waals surface area contributed by atoms with E-state index in [4.69, 9.17) is 0 Å². The molecule has 1 N–H and O–H groups in total. The predicted octanol–water partition coefficient (Wildman–Crippen LogP) is 6.68. The van der Waals surface area contributed by atoms with Crippen molar-refractivity contribution in [2.45, 2.75) is 139 Å². The molecule has 0 atom stereocenters. The third-order valence-corrected chi connectivity index (χ3v) is 17.3. The van der Waals surface area contributed by atoms with Crippen molar-refractivity contribution in [3.05, 3.63) is 0 Å². The normalized spacial score (nSPS) is 61.2. The van der Waals surface area contributed by atoms with Gasteiger partial charge in [0.05, 0.1) is 10.8 Å². The highest BCUT2D eigenvalue weighted by Gasteiger charge is 2.66. The number of Topliss-reactive ketones (excluding diaryl/α,β-unsaturated/α-hetero) is 1. The number of nitrogens with zero attached hydrogens (tertiary/aromatic N) is 2. The molecule has 14 bridgehead atoms. The maximum Gasteiger partial charge on any atom is 0.151 e. The summed E-state index contributed by atoms with van der Waals surface area (Å²) in [6.07, 6.45) is 26.5. The third kappa shape index (κ3) is 3.76. The van der Waals surface area contributed by atoms with Gasteiger partial charge in [0.25, 0.3) is 0 Å². The zero-order valence-electron chi connectivity index (χ0n) is 27.3. The first-order valence-corrected chi connectivity index (χ1v) is 19.5. The third-order valence-electron chi connectivity index (χ3n) is 17.3. The Labute approximate surface area is 261 Å². The standard InChI is InChI=1S/C39H59N3O/c1-35-21-41(38-14-28-5-29(15-38)7-30(6-28)16-38)23-36(34(35)43,20-40-37-11-25-2-26(12-37)4-27(3-25)13-37)24-42(22-35)39-17-31-8-32(18-39)10-33(9-31)19-39/h25-33,40H,2-24H2,1H3. The van der Waals surface area contributed by atoms with Gasteiger partial charge < -0.3 is 5.32 Å². The smallest absolute Gasteiger partial charge is 0.151 e. The molecular formula is C39H59N3O. The largest absolute Gasteiger partial charge is 0.310 e. The van der Waals surface area contributed by atoms with Gasteiger partial charge in [-0.3, -0.25) is 14.6 Å². The van der Waals surface area contributed by atoms with Crippen LogP contribution in [0.3, 0.4) is 0 Å². The van der Waals surface area contributed by atoms with Gasteiger partial charge in [-0.1, -0.05) is 6.92 Å². The number of hydrogen-bond acceptors (Lipinski definition) is 4. The number of ketones is 1. The minimum atomic E-state index is -0.221. The van der Waals surface area contributed by atoms with Crippen LogP contribution in [-0.4, -0.2) is 64.9 Å². The number of hydrogen-bond donors (Lipinski definition) is 1. The monoisotopic (exact) mass is 585 g/mol. The highest BCUT2D eigenvalue weighted by Crippen LogP contribution is 2.63. The molecule has 14 aliphatic rings. The van der Waals surface area contributed by atoms with Crippen LogP contribution in [0.1, 0.15) is 122 Å². The molecule has 43 heavy (non-hydrogen) atoms. The van der Waals surface area contributed by atoms with Gasteiger partial charge >= 0.3 is 0 Å². The fraction of sp³-hybridized carbons (Fsp3) is 0.974. The number of carbonyl (C=O) groups is 1. The summed E-state index contributed by atoms with van der Waals surface area (Å²) in [5, 5.41) is 4.41. The lowest BCUT2D eigenvalue weighted by atomic mass is 9.50. The fourth-order valence-corrected chi connectivity index (χ4v) is 17.2. The van der Waals surface area contributed by atoms with E-state index < -0.39 is 0 Å². The Morgan fingerprint density at radius 3 is 1.21 bits per heavy atom. The van der Waals surface area contributed by atoms with Crippen molar-refractivity contribution >= 4 is 5.78 Å². The molecule has 4 nitrogen and oxygen atoms in total. The van der Waals surface area contributed by atoms with E-state index in [1.54, 1.807) is 0 Å². The molecule has 2 aliphatic heterocycles. The summed E-state index contributed by atoms with van der Waals surface area (Å²) in [7, 11) is 0. The lowest BCUT2D eigenvalue weighted by Gasteiger charge is -2.69. The SMILES string of the molecule is CC12CN(C34CC5CC(CC(C5)C3)C4)CC(CNC34CC5CC(CC(C5)C3)C4)(CN(C34CC5CC(CC(C5)C3)C4)C1)C2=O. The molecule has 4 heteroatoms. The maximum absolute atomic E-state index is 15.1. The van der Waals surface area contributed by atoms with Crippen LogP contribution < -0.4 is 5.32 Å². The van der Waals surface area contributed by atoms with Gasteiger partial charge in [0.15, 0.2) is 5.78 Å². The summed E-state index contributed by atoms with van der Waals surface area (Å²) >= 11 is 0. The molecule has 2 saturated heterocycles. The molecule has 0 aromatic carbocycles. The molecule has 236 valence electrons. The van der Waals surface area contributed by atoms with Crippen molar-refractivity contribution in [2.75, 3.05) is 32.7 Å². The molecule has 0 unspecified atom stereocenters. The summed E-state index contributed by atoms with van der Waals surface area (Å²) in [6, 6.07) is 0. The summed E-state index contributed by atoms with van der Waals surface area (Å²) in [6.45, 7) is 7.68. The van der Waals surface area contributed by atoms with E-state index in [1.807, 2.05) is 0 Å². The van der Waals surface area contributed by atoms with E-state index in [1.165, 1.54) is 116 Å². The zero-order valence-corrected chi connectivity index (χ0v) is 27.3. The molecule has 2 heterocycles. The Hall–Kier alpha value is -0.450. The van der Waals surface area contributed by atoms with E-state index in [-0.39, 0.29) is 10.8 Å². The number of likely N-dealkylation sites (tertiary alicyclic amines) is 2. The van der Waals surface area contributed by atoms with Crippen LogP contribution in [-0.2, 0) is 4.79 Å². The summed E-state index contributed by atoms with van der Waals surface area (Å²) in [5.74, 6) is 9.40. The van der Waals surface area contributed by atoms with Crippen molar-refractivity contribution in [1.82, 2.24) is 15.1 Å². The van der Waals surface area contributed by atoms with E-state index in [9.17, 15) is 0 Å². The van der Waals surface area contributed by atoms with Gasteiger partial charge in [-0.25, -0.2) is 0 Å². The first kappa shape index (κ1) is 26.6. The minimum Gasteiger partial charge on any atom is -0.310 e. The maximum atomic E-state index is 15.1. The molecule has 0 amide bonds. The summed E-state index contributed by atoms with van der Waals surface area (Å²) in [5.41, 5.74) is 0.733. The Kier molecular flexibility index (Phi) is 5.27. The van der Waals surface area contributed by atoms with E-state index in [0.29, 0.717) is 22.4 Å².